The molecule has 1 aromatic rings. The molecule has 0 saturated heterocycles. The van der Waals surface area contributed by atoms with E-state index in [0.29, 0.717) is 0 Å². The van der Waals surface area contributed by atoms with Crippen molar-refractivity contribution >= 4 is 29.5 Å². The number of carboxylic acids is 1. The molecule has 0 heterocycles. The third-order valence-corrected chi connectivity index (χ3v) is 2.60. The fourth-order valence-electron chi connectivity index (χ4n) is 1.46. The Kier molecular flexibility index (Phi) is 7.12. The smallest absolute Gasteiger partial charge is 0.379 e. The minimum Gasteiger partial charge on any atom is -0.476 e. The van der Waals surface area contributed by atoms with Gasteiger partial charge in [-0.15, -0.1) is 0 Å². The maximum atomic E-state index is 11.6. The molecule has 122 valence electrons. The van der Waals surface area contributed by atoms with E-state index in [9.17, 15) is 24.0 Å². The second kappa shape index (κ2) is 9.08. The van der Waals surface area contributed by atoms with E-state index in [-0.39, 0.29) is 25.2 Å². The lowest BCUT2D eigenvalue weighted by Gasteiger charge is -2.05. The van der Waals surface area contributed by atoms with Crippen LogP contribution in [0.15, 0.2) is 30.3 Å². The van der Waals surface area contributed by atoms with E-state index < -0.39 is 35.9 Å². The molecule has 1 aromatic carbocycles. The highest BCUT2D eigenvalue weighted by atomic mass is 16.6. The number of Topliss-reactive ketones (excluding diaryl/α,β-unsaturated/α-hetero) is 2. The number of carboxylic acid groups (broad SMARTS) is 1. The first kappa shape index (κ1) is 18.0. The van der Waals surface area contributed by atoms with Gasteiger partial charge in [0.1, 0.15) is 13.2 Å². The molecule has 1 rings (SSSR count). The van der Waals surface area contributed by atoms with Gasteiger partial charge in [-0.2, -0.15) is 0 Å². The number of carbonyl (C=O) groups excluding carboxylic acids is 4. The van der Waals surface area contributed by atoms with Crippen molar-refractivity contribution in [2.24, 2.45) is 0 Å². The number of hydrogen-bond donors (Lipinski definition) is 1. The molecule has 0 bridgehead atoms. The van der Waals surface area contributed by atoms with Crippen molar-refractivity contribution in [1.29, 1.82) is 0 Å². The second-order valence-electron chi connectivity index (χ2n) is 4.28. The van der Waals surface area contributed by atoms with E-state index in [4.69, 9.17) is 5.11 Å². The summed E-state index contributed by atoms with van der Waals surface area (Å²) in [5.74, 6) is -5.41. The first-order valence-corrected chi connectivity index (χ1v) is 6.60. The van der Waals surface area contributed by atoms with Crippen molar-refractivity contribution in [3.8, 4) is 0 Å². The monoisotopic (exact) mass is 322 g/mol. The lowest BCUT2D eigenvalue weighted by atomic mass is 10.1. The molecule has 0 spiro atoms. The zero-order chi connectivity index (χ0) is 17.2. The van der Waals surface area contributed by atoms with Crippen LogP contribution in [-0.4, -0.2) is 47.8 Å². The number of esters is 2. The summed E-state index contributed by atoms with van der Waals surface area (Å²) in [6.07, 6.45) is -0.859. The van der Waals surface area contributed by atoms with Crippen molar-refractivity contribution in [2.75, 3.05) is 13.2 Å². The molecule has 8 nitrogen and oxygen atoms in total. The van der Waals surface area contributed by atoms with Crippen LogP contribution in [0.2, 0.25) is 0 Å². The lowest BCUT2D eigenvalue weighted by Crippen LogP contribution is -2.21. The highest BCUT2D eigenvalue weighted by Gasteiger charge is 2.18. The van der Waals surface area contributed by atoms with Gasteiger partial charge < -0.3 is 14.6 Å². The summed E-state index contributed by atoms with van der Waals surface area (Å²) in [6.45, 7) is -0.621. The van der Waals surface area contributed by atoms with Crippen LogP contribution >= 0.6 is 0 Å². The standard InChI is InChI=1S/C15H14O8/c16-11(14(19)20)6-7-12(17)22-8-9-23-15(21)13(18)10-4-2-1-3-5-10/h1-5H,6-9H2,(H,19,20). The summed E-state index contributed by atoms with van der Waals surface area (Å²) in [6, 6.07) is 7.81. The van der Waals surface area contributed by atoms with Gasteiger partial charge in [-0.05, 0) is 0 Å². The highest BCUT2D eigenvalue weighted by Crippen LogP contribution is 2.01. The van der Waals surface area contributed by atoms with Crippen molar-refractivity contribution in [3.63, 3.8) is 0 Å². The number of rotatable bonds is 9. The van der Waals surface area contributed by atoms with E-state index in [2.05, 4.69) is 9.47 Å². The van der Waals surface area contributed by atoms with Crippen molar-refractivity contribution < 1.29 is 38.6 Å². The molecule has 0 unspecified atom stereocenters. The first-order chi connectivity index (χ1) is 10.9. The SMILES string of the molecule is O=C(CCC(=O)C(=O)O)OCCOC(=O)C(=O)c1ccccc1. The molecule has 0 atom stereocenters. The Balaban J connectivity index is 2.23. The fourth-order valence-corrected chi connectivity index (χ4v) is 1.46. The molecule has 0 amide bonds. The Hall–Kier alpha value is -3.03. The van der Waals surface area contributed by atoms with Gasteiger partial charge in [0.2, 0.25) is 5.78 Å². The molecule has 0 saturated carbocycles. The van der Waals surface area contributed by atoms with Crippen LogP contribution in [0.1, 0.15) is 23.2 Å². The van der Waals surface area contributed by atoms with Gasteiger partial charge in [0.25, 0.3) is 5.78 Å². The minimum absolute atomic E-state index is 0.182. The van der Waals surface area contributed by atoms with Gasteiger partial charge >= 0.3 is 17.9 Å². The number of ketones is 2. The van der Waals surface area contributed by atoms with Crippen LogP contribution in [0, 0.1) is 0 Å². The lowest BCUT2D eigenvalue weighted by molar-refractivity contribution is -0.152. The Morgan fingerprint density at radius 2 is 1.48 bits per heavy atom. The van der Waals surface area contributed by atoms with E-state index in [1.807, 2.05) is 0 Å². The first-order valence-electron chi connectivity index (χ1n) is 6.60. The number of carbonyl (C=O) groups is 5. The molecule has 23 heavy (non-hydrogen) atoms. The van der Waals surface area contributed by atoms with Crippen LogP contribution in [0.4, 0.5) is 0 Å². The summed E-state index contributed by atoms with van der Waals surface area (Å²) in [5.41, 5.74) is 0.182. The summed E-state index contributed by atoms with van der Waals surface area (Å²) in [7, 11) is 0. The quantitative estimate of drug-likeness (QED) is 0.300. The van der Waals surface area contributed by atoms with Gasteiger partial charge in [-0.3, -0.25) is 14.4 Å². The molecule has 8 heteroatoms. The second-order valence-corrected chi connectivity index (χ2v) is 4.28. The molecule has 1 N–H and O–H groups in total. The van der Waals surface area contributed by atoms with Gasteiger partial charge in [-0.1, -0.05) is 30.3 Å². The van der Waals surface area contributed by atoms with Crippen LogP contribution in [0.5, 0.6) is 0 Å². The molecule has 0 fully saturated rings. The molecule has 0 aliphatic carbocycles. The predicted octanol–water partition coefficient (Wildman–Crippen LogP) is 0.390. The normalized spacial score (nSPS) is 9.74. The van der Waals surface area contributed by atoms with Crippen molar-refractivity contribution in [3.05, 3.63) is 35.9 Å². The third kappa shape index (κ3) is 6.51. The molecule has 0 aliphatic heterocycles. The van der Waals surface area contributed by atoms with Gasteiger partial charge in [0.05, 0.1) is 6.42 Å². The van der Waals surface area contributed by atoms with Crippen LogP contribution in [0.3, 0.4) is 0 Å². The van der Waals surface area contributed by atoms with Crippen LogP contribution in [-0.2, 0) is 28.7 Å². The molecular formula is C15H14O8. The number of benzene rings is 1. The maximum Gasteiger partial charge on any atom is 0.379 e. The van der Waals surface area contributed by atoms with Crippen LogP contribution in [0.25, 0.3) is 0 Å². The number of hydrogen-bond acceptors (Lipinski definition) is 7. The maximum absolute atomic E-state index is 11.6. The average Bonchev–Trinajstić information content (AvgIpc) is 2.56. The Labute approximate surface area is 131 Å². The van der Waals surface area contributed by atoms with Gasteiger partial charge in [0.15, 0.2) is 0 Å². The average molecular weight is 322 g/mol. The zero-order valence-corrected chi connectivity index (χ0v) is 12.0. The summed E-state index contributed by atoms with van der Waals surface area (Å²) in [5, 5.41) is 8.32. The van der Waals surface area contributed by atoms with E-state index >= 15 is 0 Å². The molecule has 0 aliphatic rings. The zero-order valence-electron chi connectivity index (χ0n) is 12.0. The van der Waals surface area contributed by atoms with Crippen molar-refractivity contribution in [2.45, 2.75) is 12.8 Å². The van der Waals surface area contributed by atoms with E-state index in [0.717, 1.165) is 0 Å². The fraction of sp³-hybridized carbons (Fsp3) is 0.267. The van der Waals surface area contributed by atoms with Crippen molar-refractivity contribution in [1.82, 2.24) is 0 Å². The topological polar surface area (TPSA) is 124 Å². The van der Waals surface area contributed by atoms with E-state index in [1.165, 1.54) is 12.1 Å². The summed E-state index contributed by atoms with van der Waals surface area (Å²) >= 11 is 0. The van der Waals surface area contributed by atoms with Gasteiger partial charge in [0, 0.05) is 12.0 Å². The molecule has 0 aromatic heterocycles. The third-order valence-electron chi connectivity index (χ3n) is 2.60. The minimum atomic E-state index is -1.62. The molecule has 0 radical (unpaired) electrons. The van der Waals surface area contributed by atoms with Gasteiger partial charge in [-0.25, -0.2) is 9.59 Å². The Morgan fingerprint density at radius 1 is 0.870 bits per heavy atom. The van der Waals surface area contributed by atoms with Crippen LogP contribution < -0.4 is 0 Å². The van der Waals surface area contributed by atoms with E-state index in [1.54, 1.807) is 18.2 Å². The Morgan fingerprint density at radius 3 is 2.09 bits per heavy atom. The predicted molar refractivity (Wildman–Crippen MR) is 74.6 cm³/mol. The summed E-state index contributed by atoms with van der Waals surface area (Å²) < 4.78 is 9.28. The molecular weight excluding hydrogens is 308 g/mol. The summed E-state index contributed by atoms with van der Waals surface area (Å²) in [4.78, 5) is 55.3. The largest absolute Gasteiger partial charge is 0.476 e. The highest BCUT2D eigenvalue weighted by molar-refractivity contribution is 6.40. The number of ether oxygens (including phenoxy) is 2. The Bertz CT molecular complexity index is 605. The number of aliphatic carboxylic acids is 1.